The molecule has 1 aliphatic rings. The van der Waals surface area contributed by atoms with Gasteiger partial charge in [0, 0.05) is 13.0 Å². The Kier molecular flexibility index (Phi) is 6.74. The predicted octanol–water partition coefficient (Wildman–Crippen LogP) is 2.69. The van der Waals surface area contributed by atoms with Crippen molar-refractivity contribution < 1.29 is 4.79 Å². The van der Waals surface area contributed by atoms with Gasteiger partial charge in [0.05, 0.1) is 0 Å². The molecule has 0 spiro atoms. The maximum Gasteiger partial charge on any atom is 0.220 e. The molecule has 1 aliphatic heterocycles. The molecule has 1 heterocycles. The topological polar surface area (TPSA) is 41.1 Å². The van der Waals surface area contributed by atoms with E-state index in [1.54, 1.807) is 0 Å². The van der Waals surface area contributed by atoms with Crippen LogP contribution in [-0.2, 0) is 17.6 Å². The summed E-state index contributed by atoms with van der Waals surface area (Å²) in [4.78, 5) is 11.8. The molecule has 2 rings (SSSR count). The first kappa shape index (κ1) is 16.0. The molecule has 1 fully saturated rings. The summed E-state index contributed by atoms with van der Waals surface area (Å²) in [5.41, 5.74) is 2.66. The molecule has 0 radical (unpaired) electrons. The summed E-state index contributed by atoms with van der Waals surface area (Å²) in [5.74, 6) is 0.942. The van der Waals surface area contributed by atoms with Gasteiger partial charge in [-0.3, -0.25) is 4.79 Å². The monoisotopic (exact) mass is 288 g/mol. The van der Waals surface area contributed by atoms with Crippen LogP contribution in [0, 0.1) is 5.92 Å². The van der Waals surface area contributed by atoms with Gasteiger partial charge in [-0.2, -0.15) is 0 Å². The number of hydrogen-bond donors (Lipinski definition) is 2. The second-order valence-electron chi connectivity index (χ2n) is 6.00. The zero-order valence-corrected chi connectivity index (χ0v) is 13.2. The number of carbonyl (C=O) groups excluding carboxylic acids is 1. The molecule has 3 nitrogen and oxygen atoms in total. The number of amides is 1. The van der Waals surface area contributed by atoms with Crippen LogP contribution in [0.4, 0.5) is 0 Å². The molecule has 2 N–H and O–H groups in total. The smallest absolute Gasteiger partial charge is 0.220 e. The largest absolute Gasteiger partial charge is 0.356 e. The Labute approximate surface area is 128 Å². The lowest BCUT2D eigenvalue weighted by atomic mass is 9.93. The van der Waals surface area contributed by atoms with E-state index in [-0.39, 0.29) is 5.91 Å². The second-order valence-corrected chi connectivity index (χ2v) is 6.00. The Morgan fingerprint density at radius 2 is 1.86 bits per heavy atom. The minimum Gasteiger partial charge on any atom is -0.356 e. The highest BCUT2D eigenvalue weighted by Gasteiger charge is 2.14. The van der Waals surface area contributed by atoms with Crippen LogP contribution in [0.1, 0.15) is 43.7 Å². The number of rotatable bonds is 7. The minimum atomic E-state index is 0.207. The quantitative estimate of drug-likeness (QED) is 0.810. The van der Waals surface area contributed by atoms with Crippen LogP contribution in [-0.4, -0.2) is 25.5 Å². The van der Waals surface area contributed by atoms with Gasteiger partial charge in [0.25, 0.3) is 0 Å². The van der Waals surface area contributed by atoms with E-state index in [1.807, 2.05) is 0 Å². The van der Waals surface area contributed by atoms with Gasteiger partial charge in [0.1, 0.15) is 0 Å². The number of benzene rings is 1. The molecule has 3 heteroatoms. The lowest BCUT2D eigenvalue weighted by molar-refractivity contribution is -0.121. The Morgan fingerprint density at radius 1 is 1.19 bits per heavy atom. The third-order valence-electron chi connectivity index (χ3n) is 4.41. The Morgan fingerprint density at radius 3 is 2.52 bits per heavy atom. The van der Waals surface area contributed by atoms with Crippen molar-refractivity contribution in [3.63, 3.8) is 0 Å². The zero-order valence-electron chi connectivity index (χ0n) is 13.2. The maximum absolute atomic E-state index is 11.8. The number of carbonyl (C=O) groups is 1. The molecule has 0 unspecified atom stereocenters. The van der Waals surface area contributed by atoms with Crippen molar-refractivity contribution in [2.24, 2.45) is 5.92 Å². The van der Waals surface area contributed by atoms with E-state index in [0.29, 0.717) is 6.42 Å². The Bertz CT molecular complexity index is 421. The Balaban J connectivity index is 1.59. The van der Waals surface area contributed by atoms with Crippen LogP contribution in [0.2, 0.25) is 0 Å². The molecule has 0 aromatic heterocycles. The molecular weight excluding hydrogens is 260 g/mol. The van der Waals surface area contributed by atoms with Crippen molar-refractivity contribution >= 4 is 5.91 Å². The lowest BCUT2D eigenvalue weighted by Crippen LogP contribution is -2.30. The highest BCUT2D eigenvalue weighted by atomic mass is 16.1. The average Bonchev–Trinajstić information content (AvgIpc) is 2.54. The van der Waals surface area contributed by atoms with E-state index in [4.69, 9.17) is 0 Å². The molecule has 116 valence electrons. The third kappa shape index (κ3) is 5.88. The maximum atomic E-state index is 11.8. The molecule has 0 atom stereocenters. The van der Waals surface area contributed by atoms with Crippen LogP contribution in [0.25, 0.3) is 0 Å². The summed E-state index contributed by atoms with van der Waals surface area (Å²) in [6.07, 6.45) is 6.16. The van der Waals surface area contributed by atoms with E-state index in [1.165, 1.54) is 24.0 Å². The molecule has 0 bridgehead atoms. The number of aryl methyl sites for hydroxylation is 1. The summed E-state index contributed by atoms with van der Waals surface area (Å²) in [7, 11) is 0. The molecule has 0 aliphatic carbocycles. The molecule has 1 aromatic carbocycles. The van der Waals surface area contributed by atoms with Gasteiger partial charge >= 0.3 is 0 Å². The first-order valence-electron chi connectivity index (χ1n) is 8.33. The average molecular weight is 288 g/mol. The zero-order chi connectivity index (χ0) is 14.9. The van der Waals surface area contributed by atoms with Gasteiger partial charge < -0.3 is 10.6 Å². The van der Waals surface area contributed by atoms with Gasteiger partial charge in [-0.15, -0.1) is 0 Å². The molecular formula is C18H28N2O. The van der Waals surface area contributed by atoms with Crippen LogP contribution < -0.4 is 10.6 Å². The van der Waals surface area contributed by atoms with Crippen molar-refractivity contribution in [1.29, 1.82) is 0 Å². The third-order valence-corrected chi connectivity index (χ3v) is 4.41. The Hall–Kier alpha value is -1.35. The van der Waals surface area contributed by atoms with Gasteiger partial charge in [-0.05, 0) is 62.2 Å². The number of hydrogen-bond acceptors (Lipinski definition) is 2. The first-order chi connectivity index (χ1) is 10.3. The normalized spacial score (nSPS) is 15.9. The number of nitrogens with one attached hydrogen (secondary N) is 2. The first-order valence-corrected chi connectivity index (χ1v) is 8.33. The van der Waals surface area contributed by atoms with E-state index in [0.717, 1.165) is 44.8 Å². The van der Waals surface area contributed by atoms with Crippen LogP contribution >= 0.6 is 0 Å². The summed E-state index contributed by atoms with van der Waals surface area (Å²) in [6.45, 7) is 5.13. The minimum absolute atomic E-state index is 0.207. The van der Waals surface area contributed by atoms with Crippen LogP contribution in [0.3, 0.4) is 0 Å². The summed E-state index contributed by atoms with van der Waals surface area (Å²) in [6, 6.07) is 8.68. The van der Waals surface area contributed by atoms with E-state index in [2.05, 4.69) is 41.8 Å². The molecule has 1 aromatic rings. The standard InChI is InChI=1S/C18H28N2O/c1-2-15-3-5-16(6-4-15)11-14-20-18(21)8-7-17-9-12-19-13-10-17/h3-6,17,19H,2,7-14H2,1H3,(H,20,21). The lowest BCUT2D eigenvalue weighted by Gasteiger charge is -2.22. The van der Waals surface area contributed by atoms with Gasteiger partial charge in [-0.1, -0.05) is 31.2 Å². The van der Waals surface area contributed by atoms with Crippen molar-refractivity contribution in [2.75, 3.05) is 19.6 Å². The fraction of sp³-hybridized carbons (Fsp3) is 0.611. The van der Waals surface area contributed by atoms with Crippen LogP contribution in [0.5, 0.6) is 0 Å². The molecule has 1 amide bonds. The molecule has 0 saturated carbocycles. The summed E-state index contributed by atoms with van der Waals surface area (Å²) >= 11 is 0. The van der Waals surface area contributed by atoms with Crippen molar-refractivity contribution in [3.8, 4) is 0 Å². The van der Waals surface area contributed by atoms with E-state index < -0.39 is 0 Å². The fourth-order valence-corrected chi connectivity index (χ4v) is 2.88. The predicted molar refractivity (Wildman–Crippen MR) is 87.4 cm³/mol. The van der Waals surface area contributed by atoms with Crippen molar-refractivity contribution in [2.45, 2.75) is 45.4 Å². The molecule has 21 heavy (non-hydrogen) atoms. The second kappa shape index (κ2) is 8.83. The summed E-state index contributed by atoms with van der Waals surface area (Å²) < 4.78 is 0. The highest BCUT2D eigenvalue weighted by Crippen LogP contribution is 2.17. The van der Waals surface area contributed by atoms with Gasteiger partial charge in [0.15, 0.2) is 0 Å². The van der Waals surface area contributed by atoms with Crippen LogP contribution in [0.15, 0.2) is 24.3 Å². The van der Waals surface area contributed by atoms with E-state index in [9.17, 15) is 4.79 Å². The number of piperidine rings is 1. The van der Waals surface area contributed by atoms with Crippen molar-refractivity contribution in [1.82, 2.24) is 10.6 Å². The summed E-state index contributed by atoms with van der Waals surface area (Å²) in [5, 5.41) is 6.41. The van der Waals surface area contributed by atoms with Gasteiger partial charge in [-0.25, -0.2) is 0 Å². The van der Waals surface area contributed by atoms with Gasteiger partial charge in [0.2, 0.25) is 5.91 Å². The molecule has 1 saturated heterocycles. The van der Waals surface area contributed by atoms with E-state index >= 15 is 0 Å². The highest BCUT2D eigenvalue weighted by molar-refractivity contribution is 5.75. The SMILES string of the molecule is CCc1ccc(CCNC(=O)CCC2CCNCC2)cc1. The van der Waals surface area contributed by atoms with Crippen molar-refractivity contribution in [3.05, 3.63) is 35.4 Å². The fourth-order valence-electron chi connectivity index (χ4n) is 2.88.